The Morgan fingerprint density at radius 1 is 1.10 bits per heavy atom. The second kappa shape index (κ2) is 9.89. The summed E-state index contributed by atoms with van der Waals surface area (Å²) in [4.78, 5) is 13.7. The molecule has 0 aliphatic heterocycles. The third-order valence-corrected chi connectivity index (χ3v) is 6.76. The zero-order valence-corrected chi connectivity index (χ0v) is 18.5. The van der Waals surface area contributed by atoms with Gasteiger partial charge in [-0.25, -0.2) is 4.39 Å². The molecule has 1 unspecified atom stereocenters. The standard InChI is InChI=1S/C23H21FN4OS2/c1-28-20(14-16-6-3-2-4-7-16)26-27-23(28)31-15-21(29)25-22(19-8-5-13-30-19)17-9-11-18(24)12-10-17/h2-13,22H,14-15H2,1H3,(H,25,29). The van der Waals surface area contributed by atoms with Crippen molar-refractivity contribution in [3.8, 4) is 0 Å². The maximum absolute atomic E-state index is 13.3. The van der Waals surface area contributed by atoms with E-state index in [1.165, 1.54) is 23.9 Å². The molecule has 0 aliphatic carbocycles. The van der Waals surface area contributed by atoms with E-state index in [4.69, 9.17) is 0 Å². The predicted octanol–water partition coefficient (Wildman–Crippen LogP) is 4.60. The van der Waals surface area contributed by atoms with Gasteiger partial charge in [0.2, 0.25) is 5.91 Å². The van der Waals surface area contributed by atoms with Crippen LogP contribution in [0, 0.1) is 5.82 Å². The first-order valence-electron chi connectivity index (χ1n) is 9.73. The van der Waals surface area contributed by atoms with Crippen LogP contribution in [-0.4, -0.2) is 26.4 Å². The van der Waals surface area contributed by atoms with Gasteiger partial charge in [-0.1, -0.05) is 60.3 Å². The molecule has 5 nitrogen and oxygen atoms in total. The van der Waals surface area contributed by atoms with E-state index < -0.39 is 0 Å². The third kappa shape index (κ3) is 5.39. The first kappa shape index (κ1) is 21.3. The summed E-state index contributed by atoms with van der Waals surface area (Å²) in [6, 6.07) is 19.9. The minimum absolute atomic E-state index is 0.125. The molecule has 0 bridgehead atoms. The van der Waals surface area contributed by atoms with Gasteiger partial charge in [-0.15, -0.1) is 21.5 Å². The van der Waals surface area contributed by atoms with E-state index in [1.807, 2.05) is 47.3 Å². The Labute approximate surface area is 188 Å². The number of carbonyl (C=O) groups is 1. The number of hydrogen-bond acceptors (Lipinski definition) is 5. The van der Waals surface area contributed by atoms with Crippen molar-refractivity contribution in [2.75, 3.05) is 5.75 Å². The lowest BCUT2D eigenvalue weighted by molar-refractivity contribution is -0.119. The summed E-state index contributed by atoms with van der Waals surface area (Å²) in [5.74, 6) is 0.627. The number of amides is 1. The van der Waals surface area contributed by atoms with Gasteiger partial charge >= 0.3 is 0 Å². The van der Waals surface area contributed by atoms with Crippen molar-refractivity contribution in [1.29, 1.82) is 0 Å². The van der Waals surface area contributed by atoms with Crippen LogP contribution in [-0.2, 0) is 18.3 Å². The largest absolute Gasteiger partial charge is 0.344 e. The smallest absolute Gasteiger partial charge is 0.231 e. The van der Waals surface area contributed by atoms with Crippen molar-refractivity contribution in [3.63, 3.8) is 0 Å². The van der Waals surface area contributed by atoms with Gasteiger partial charge < -0.3 is 9.88 Å². The number of hydrogen-bond donors (Lipinski definition) is 1. The van der Waals surface area contributed by atoms with Crippen LogP contribution >= 0.6 is 23.1 Å². The Morgan fingerprint density at radius 3 is 2.58 bits per heavy atom. The van der Waals surface area contributed by atoms with Gasteiger partial charge in [-0.3, -0.25) is 4.79 Å². The maximum atomic E-state index is 13.3. The van der Waals surface area contributed by atoms with Gasteiger partial charge in [-0.05, 0) is 34.7 Å². The highest BCUT2D eigenvalue weighted by Crippen LogP contribution is 2.27. The molecule has 0 fully saturated rings. The molecule has 2 aromatic heterocycles. The Bertz CT molecular complexity index is 1130. The fourth-order valence-corrected chi connectivity index (χ4v) is 4.71. The summed E-state index contributed by atoms with van der Waals surface area (Å²) >= 11 is 2.90. The summed E-state index contributed by atoms with van der Waals surface area (Å²) in [7, 11) is 1.91. The first-order chi connectivity index (χ1) is 15.1. The SMILES string of the molecule is Cn1c(Cc2ccccc2)nnc1SCC(=O)NC(c1ccc(F)cc1)c1cccs1. The fraction of sp³-hybridized carbons (Fsp3) is 0.174. The van der Waals surface area contributed by atoms with E-state index >= 15 is 0 Å². The average molecular weight is 453 g/mol. The molecule has 2 heterocycles. The number of thiophene rings is 1. The quantitative estimate of drug-likeness (QED) is 0.397. The van der Waals surface area contributed by atoms with Crippen LogP contribution in [0.5, 0.6) is 0 Å². The summed E-state index contributed by atoms with van der Waals surface area (Å²) < 4.78 is 15.3. The minimum atomic E-state index is -0.318. The number of carbonyl (C=O) groups excluding carboxylic acids is 1. The second-order valence-corrected chi connectivity index (χ2v) is 8.90. The number of nitrogens with zero attached hydrogens (tertiary/aromatic N) is 3. The molecule has 0 aliphatic rings. The highest BCUT2D eigenvalue weighted by Gasteiger charge is 2.19. The molecule has 0 saturated carbocycles. The van der Waals surface area contributed by atoms with E-state index in [9.17, 15) is 9.18 Å². The predicted molar refractivity (Wildman–Crippen MR) is 122 cm³/mol. The van der Waals surface area contributed by atoms with Gasteiger partial charge in [0, 0.05) is 18.3 Å². The average Bonchev–Trinajstić information content (AvgIpc) is 3.43. The van der Waals surface area contributed by atoms with E-state index in [2.05, 4.69) is 27.6 Å². The molecule has 1 amide bonds. The highest BCUT2D eigenvalue weighted by atomic mass is 32.2. The summed E-state index contributed by atoms with van der Waals surface area (Å²) in [5, 5.41) is 14.2. The van der Waals surface area contributed by atoms with Crippen LogP contribution in [0.15, 0.2) is 77.3 Å². The minimum Gasteiger partial charge on any atom is -0.344 e. The maximum Gasteiger partial charge on any atom is 0.231 e. The number of rotatable bonds is 8. The van der Waals surface area contributed by atoms with Crippen LogP contribution in [0.1, 0.15) is 27.9 Å². The van der Waals surface area contributed by atoms with Crippen LogP contribution in [0.4, 0.5) is 4.39 Å². The van der Waals surface area contributed by atoms with Crippen LogP contribution in [0.25, 0.3) is 0 Å². The zero-order valence-electron chi connectivity index (χ0n) is 16.9. The van der Waals surface area contributed by atoms with E-state index in [0.29, 0.717) is 11.6 Å². The number of thioether (sulfide) groups is 1. The van der Waals surface area contributed by atoms with Crippen LogP contribution in [0.2, 0.25) is 0 Å². The normalized spacial score (nSPS) is 11.9. The van der Waals surface area contributed by atoms with Gasteiger partial charge in [0.05, 0.1) is 11.8 Å². The fourth-order valence-electron chi connectivity index (χ4n) is 3.17. The molecule has 4 aromatic rings. The number of aromatic nitrogens is 3. The molecular weight excluding hydrogens is 431 g/mol. The molecule has 158 valence electrons. The van der Waals surface area contributed by atoms with Gasteiger partial charge in [0.1, 0.15) is 11.6 Å². The Kier molecular flexibility index (Phi) is 6.79. The molecule has 2 aromatic carbocycles. The van der Waals surface area contributed by atoms with E-state index in [-0.39, 0.29) is 23.5 Å². The molecule has 1 N–H and O–H groups in total. The molecule has 0 spiro atoms. The molecule has 1 atom stereocenters. The highest BCUT2D eigenvalue weighted by molar-refractivity contribution is 7.99. The van der Waals surface area contributed by atoms with Crippen molar-refractivity contribution in [1.82, 2.24) is 20.1 Å². The number of benzene rings is 2. The van der Waals surface area contributed by atoms with Crippen molar-refractivity contribution >= 4 is 29.0 Å². The van der Waals surface area contributed by atoms with Gasteiger partial charge in [0.25, 0.3) is 0 Å². The van der Waals surface area contributed by atoms with Crippen LogP contribution in [0.3, 0.4) is 0 Å². The van der Waals surface area contributed by atoms with Crippen molar-refractivity contribution in [3.05, 3.63) is 99.8 Å². The molecule has 31 heavy (non-hydrogen) atoms. The molecule has 8 heteroatoms. The Hall–Kier alpha value is -2.97. The van der Waals surface area contributed by atoms with E-state index in [0.717, 1.165) is 21.8 Å². The van der Waals surface area contributed by atoms with Crippen LogP contribution < -0.4 is 5.32 Å². The third-order valence-electron chi connectivity index (χ3n) is 4.80. The molecule has 0 saturated heterocycles. The zero-order chi connectivity index (χ0) is 21.6. The summed E-state index contributed by atoms with van der Waals surface area (Å²) in [6.07, 6.45) is 0.683. The van der Waals surface area contributed by atoms with E-state index in [1.54, 1.807) is 23.5 Å². The number of halogens is 1. The Balaban J connectivity index is 1.40. The lowest BCUT2D eigenvalue weighted by Crippen LogP contribution is -2.30. The lowest BCUT2D eigenvalue weighted by Gasteiger charge is -2.18. The lowest BCUT2D eigenvalue weighted by atomic mass is 10.1. The molecule has 4 rings (SSSR count). The van der Waals surface area contributed by atoms with Crippen molar-refractivity contribution in [2.24, 2.45) is 7.05 Å². The molecule has 0 radical (unpaired) electrons. The van der Waals surface area contributed by atoms with Crippen molar-refractivity contribution < 1.29 is 9.18 Å². The van der Waals surface area contributed by atoms with Gasteiger partial charge in [-0.2, -0.15) is 0 Å². The van der Waals surface area contributed by atoms with Gasteiger partial charge in [0.15, 0.2) is 5.16 Å². The summed E-state index contributed by atoms with van der Waals surface area (Å²) in [6.45, 7) is 0. The Morgan fingerprint density at radius 2 is 1.87 bits per heavy atom. The van der Waals surface area contributed by atoms with Crippen molar-refractivity contribution in [2.45, 2.75) is 17.6 Å². The summed E-state index contributed by atoms with van der Waals surface area (Å²) in [5.41, 5.74) is 2.00. The second-order valence-electron chi connectivity index (χ2n) is 6.98. The monoisotopic (exact) mass is 452 g/mol. The molecular formula is C23H21FN4OS2. The first-order valence-corrected chi connectivity index (χ1v) is 11.6. The number of nitrogens with one attached hydrogen (secondary N) is 1. The topological polar surface area (TPSA) is 59.8 Å².